The number of unbranched alkanes of at least 4 members (excludes halogenated alkanes) is 1. The van der Waals surface area contributed by atoms with E-state index in [0.29, 0.717) is 12.2 Å². The van der Waals surface area contributed by atoms with E-state index in [4.69, 9.17) is 0 Å². The maximum atomic E-state index is 12.9. The fourth-order valence-electron chi connectivity index (χ4n) is 1.78. The van der Waals surface area contributed by atoms with Crippen LogP contribution in [0.1, 0.15) is 26.7 Å². The SMILES string of the molecule is CCCCN(C)C(=O)CN(C(C)=O)c1ccc(F)cc1. The van der Waals surface area contributed by atoms with E-state index in [1.54, 1.807) is 11.9 Å². The van der Waals surface area contributed by atoms with Crippen molar-refractivity contribution in [3.05, 3.63) is 30.1 Å². The lowest BCUT2D eigenvalue weighted by molar-refractivity contribution is -0.130. The quantitative estimate of drug-likeness (QED) is 0.803. The van der Waals surface area contributed by atoms with Gasteiger partial charge in [0.1, 0.15) is 12.4 Å². The zero-order chi connectivity index (χ0) is 15.1. The van der Waals surface area contributed by atoms with Crippen molar-refractivity contribution in [2.45, 2.75) is 26.7 Å². The Morgan fingerprint density at radius 2 is 1.80 bits per heavy atom. The summed E-state index contributed by atoms with van der Waals surface area (Å²) in [6.45, 7) is 4.09. The number of anilines is 1. The normalized spacial score (nSPS) is 10.2. The minimum Gasteiger partial charge on any atom is -0.344 e. The molecule has 0 unspecified atom stereocenters. The van der Waals surface area contributed by atoms with E-state index < -0.39 is 0 Å². The van der Waals surface area contributed by atoms with Crippen molar-refractivity contribution in [3.8, 4) is 0 Å². The minimum atomic E-state index is -0.372. The second-order valence-electron chi connectivity index (χ2n) is 4.75. The molecule has 0 aromatic heterocycles. The maximum absolute atomic E-state index is 12.9. The Bertz CT molecular complexity index is 459. The summed E-state index contributed by atoms with van der Waals surface area (Å²) >= 11 is 0. The third-order valence-corrected chi connectivity index (χ3v) is 3.08. The van der Waals surface area contributed by atoms with E-state index in [2.05, 4.69) is 6.92 Å². The van der Waals surface area contributed by atoms with Gasteiger partial charge in [-0.05, 0) is 30.7 Å². The Balaban J connectivity index is 2.75. The van der Waals surface area contributed by atoms with Gasteiger partial charge in [0.2, 0.25) is 11.8 Å². The monoisotopic (exact) mass is 280 g/mol. The Morgan fingerprint density at radius 3 is 2.30 bits per heavy atom. The molecule has 0 heterocycles. The number of amides is 2. The Labute approximate surface area is 119 Å². The smallest absolute Gasteiger partial charge is 0.242 e. The summed E-state index contributed by atoms with van der Waals surface area (Å²) in [4.78, 5) is 26.7. The summed E-state index contributed by atoms with van der Waals surface area (Å²) < 4.78 is 12.9. The fourth-order valence-corrected chi connectivity index (χ4v) is 1.78. The van der Waals surface area contributed by atoms with Gasteiger partial charge in [-0.3, -0.25) is 9.59 Å². The van der Waals surface area contributed by atoms with Crippen LogP contribution in [0.4, 0.5) is 10.1 Å². The summed E-state index contributed by atoms with van der Waals surface area (Å²) in [7, 11) is 1.72. The summed E-state index contributed by atoms with van der Waals surface area (Å²) in [6.07, 6.45) is 1.94. The van der Waals surface area contributed by atoms with Crippen LogP contribution in [-0.4, -0.2) is 36.9 Å². The number of nitrogens with zero attached hydrogens (tertiary/aromatic N) is 2. The molecule has 5 heteroatoms. The fraction of sp³-hybridized carbons (Fsp3) is 0.467. The number of benzene rings is 1. The maximum Gasteiger partial charge on any atom is 0.242 e. The Kier molecular flexibility index (Phi) is 6.15. The largest absolute Gasteiger partial charge is 0.344 e. The molecule has 20 heavy (non-hydrogen) atoms. The van der Waals surface area contributed by atoms with E-state index >= 15 is 0 Å². The van der Waals surface area contributed by atoms with E-state index in [0.717, 1.165) is 12.8 Å². The van der Waals surface area contributed by atoms with Gasteiger partial charge < -0.3 is 9.80 Å². The zero-order valence-corrected chi connectivity index (χ0v) is 12.2. The lowest BCUT2D eigenvalue weighted by atomic mass is 10.2. The summed E-state index contributed by atoms with van der Waals surface area (Å²) in [5.41, 5.74) is 0.524. The van der Waals surface area contributed by atoms with Crippen LogP contribution in [0.5, 0.6) is 0 Å². The molecule has 0 aliphatic rings. The molecule has 0 bridgehead atoms. The van der Waals surface area contributed by atoms with Gasteiger partial charge in [-0.1, -0.05) is 13.3 Å². The van der Waals surface area contributed by atoms with Crippen LogP contribution in [0.3, 0.4) is 0 Å². The lowest BCUT2D eigenvalue weighted by Crippen LogP contribution is -2.41. The highest BCUT2D eigenvalue weighted by atomic mass is 19.1. The molecule has 0 atom stereocenters. The van der Waals surface area contributed by atoms with Crippen molar-refractivity contribution in [3.63, 3.8) is 0 Å². The predicted molar refractivity (Wildman–Crippen MR) is 77.0 cm³/mol. The molecule has 0 radical (unpaired) electrons. The van der Waals surface area contributed by atoms with E-state index in [1.165, 1.54) is 36.1 Å². The Hall–Kier alpha value is -1.91. The molecule has 1 aromatic rings. The number of rotatable bonds is 6. The average Bonchev–Trinajstić information content (AvgIpc) is 2.42. The predicted octanol–water partition coefficient (Wildman–Crippen LogP) is 2.44. The molecule has 1 rings (SSSR count). The molecular formula is C15H21FN2O2. The number of halogens is 1. The molecule has 0 fully saturated rings. The molecule has 110 valence electrons. The summed E-state index contributed by atoms with van der Waals surface area (Å²) in [6, 6.07) is 5.54. The second-order valence-corrected chi connectivity index (χ2v) is 4.75. The third kappa shape index (κ3) is 4.64. The third-order valence-electron chi connectivity index (χ3n) is 3.08. The topological polar surface area (TPSA) is 40.6 Å². The van der Waals surface area contributed by atoms with Gasteiger partial charge in [0.15, 0.2) is 0 Å². The van der Waals surface area contributed by atoms with Crippen LogP contribution < -0.4 is 4.90 Å². The van der Waals surface area contributed by atoms with Gasteiger partial charge in [-0.15, -0.1) is 0 Å². The van der Waals surface area contributed by atoms with Crippen molar-refractivity contribution in [2.75, 3.05) is 25.0 Å². The molecule has 0 aliphatic heterocycles. The van der Waals surface area contributed by atoms with Gasteiger partial charge in [0.05, 0.1) is 0 Å². The van der Waals surface area contributed by atoms with Gasteiger partial charge in [0, 0.05) is 26.2 Å². The van der Waals surface area contributed by atoms with Crippen LogP contribution >= 0.6 is 0 Å². The molecule has 0 aliphatic carbocycles. The average molecular weight is 280 g/mol. The molecule has 2 amide bonds. The summed E-state index contributed by atoms with van der Waals surface area (Å²) in [5.74, 6) is -0.740. The first-order valence-electron chi connectivity index (χ1n) is 6.73. The number of carbonyl (C=O) groups is 2. The minimum absolute atomic E-state index is 0.0266. The van der Waals surface area contributed by atoms with Crippen LogP contribution in [-0.2, 0) is 9.59 Å². The highest BCUT2D eigenvalue weighted by Crippen LogP contribution is 2.15. The van der Waals surface area contributed by atoms with Crippen molar-refractivity contribution < 1.29 is 14.0 Å². The zero-order valence-electron chi connectivity index (χ0n) is 12.2. The lowest BCUT2D eigenvalue weighted by Gasteiger charge is -2.24. The van der Waals surface area contributed by atoms with Crippen LogP contribution in [0, 0.1) is 5.82 Å². The molecule has 0 spiro atoms. The molecular weight excluding hydrogens is 259 g/mol. The van der Waals surface area contributed by atoms with Gasteiger partial charge in [-0.25, -0.2) is 4.39 Å². The van der Waals surface area contributed by atoms with Crippen LogP contribution in [0.2, 0.25) is 0 Å². The van der Waals surface area contributed by atoms with Gasteiger partial charge in [0.25, 0.3) is 0 Å². The highest BCUT2D eigenvalue weighted by molar-refractivity contribution is 5.97. The molecule has 1 aromatic carbocycles. The van der Waals surface area contributed by atoms with E-state index in [1.807, 2.05) is 0 Å². The number of likely N-dealkylation sites (N-methyl/N-ethyl adjacent to an activating group) is 1. The second kappa shape index (κ2) is 7.62. The van der Waals surface area contributed by atoms with Crippen LogP contribution in [0.15, 0.2) is 24.3 Å². The molecule has 4 nitrogen and oxygen atoms in total. The standard InChI is InChI=1S/C15H21FN2O2/c1-4-5-10-17(3)15(20)11-18(12(2)19)14-8-6-13(16)7-9-14/h6-9H,4-5,10-11H2,1-3H3. The van der Waals surface area contributed by atoms with E-state index in [9.17, 15) is 14.0 Å². The number of hydrogen-bond acceptors (Lipinski definition) is 2. The Morgan fingerprint density at radius 1 is 1.20 bits per heavy atom. The van der Waals surface area contributed by atoms with Crippen LogP contribution in [0.25, 0.3) is 0 Å². The van der Waals surface area contributed by atoms with Crippen molar-refractivity contribution in [1.82, 2.24) is 4.90 Å². The van der Waals surface area contributed by atoms with E-state index in [-0.39, 0.29) is 24.2 Å². The molecule has 0 saturated heterocycles. The number of carbonyl (C=O) groups excluding carboxylic acids is 2. The molecule has 0 N–H and O–H groups in total. The number of hydrogen-bond donors (Lipinski definition) is 0. The summed E-state index contributed by atoms with van der Waals surface area (Å²) in [5, 5.41) is 0. The van der Waals surface area contributed by atoms with Crippen molar-refractivity contribution in [1.29, 1.82) is 0 Å². The first-order chi connectivity index (χ1) is 9.45. The van der Waals surface area contributed by atoms with Crippen molar-refractivity contribution >= 4 is 17.5 Å². The first-order valence-corrected chi connectivity index (χ1v) is 6.73. The highest BCUT2D eigenvalue weighted by Gasteiger charge is 2.18. The first kappa shape index (κ1) is 16.1. The van der Waals surface area contributed by atoms with Gasteiger partial charge in [-0.2, -0.15) is 0 Å². The molecule has 0 saturated carbocycles. The van der Waals surface area contributed by atoms with Crippen molar-refractivity contribution in [2.24, 2.45) is 0 Å². The van der Waals surface area contributed by atoms with Gasteiger partial charge >= 0.3 is 0 Å².